The van der Waals surface area contributed by atoms with Crippen molar-refractivity contribution in [3.8, 4) is 0 Å². The summed E-state index contributed by atoms with van der Waals surface area (Å²) in [5.41, 5.74) is 3.03. The van der Waals surface area contributed by atoms with Crippen molar-refractivity contribution in [3.63, 3.8) is 0 Å². The summed E-state index contributed by atoms with van der Waals surface area (Å²) in [6.07, 6.45) is 4.08. The van der Waals surface area contributed by atoms with E-state index < -0.39 is 15.6 Å². The summed E-state index contributed by atoms with van der Waals surface area (Å²) >= 11 is 0. The molecule has 2 rings (SSSR count). The van der Waals surface area contributed by atoms with Crippen molar-refractivity contribution in [2.45, 2.75) is 39.7 Å². The van der Waals surface area contributed by atoms with Crippen LogP contribution in [0.15, 0.2) is 29.4 Å². The van der Waals surface area contributed by atoms with Gasteiger partial charge in [0, 0.05) is 35.7 Å². The Kier molecular flexibility index (Phi) is 6.89. The standard InChI is InChI=1S/C19H31N5O2S/c1-6-20-18(23-13-19(3,4)24-27(5,25)26)21-11-10-15-12-22-17-14(2)8-7-9-16(15)17/h7-9,12,22,24H,6,10-11,13H2,1-5H3,(H2,20,21,23). The summed E-state index contributed by atoms with van der Waals surface area (Å²) in [5.74, 6) is 0.678. The third kappa shape index (κ3) is 6.55. The summed E-state index contributed by atoms with van der Waals surface area (Å²) in [6.45, 7) is 9.53. The molecule has 0 saturated carbocycles. The summed E-state index contributed by atoms with van der Waals surface area (Å²) in [6, 6.07) is 6.31. The van der Waals surface area contributed by atoms with E-state index in [1.165, 1.54) is 22.0 Å². The number of para-hydroxylation sites is 1. The van der Waals surface area contributed by atoms with E-state index in [0.717, 1.165) is 25.8 Å². The van der Waals surface area contributed by atoms with Gasteiger partial charge in [-0.05, 0) is 45.2 Å². The molecule has 1 aromatic heterocycles. The van der Waals surface area contributed by atoms with E-state index in [2.05, 4.69) is 56.7 Å². The quantitative estimate of drug-likeness (QED) is 0.407. The molecule has 0 aliphatic heterocycles. The van der Waals surface area contributed by atoms with E-state index in [1.807, 2.05) is 20.8 Å². The van der Waals surface area contributed by atoms with Crippen LogP contribution in [0.4, 0.5) is 0 Å². The minimum Gasteiger partial charge on any atom is -0.361 e. The average Bonchev–Trinajstić information content (AvgIpc) is 2.95. The van der Waals surface area contributed by atoms with Gasteiger partial charge in [-0.2, -0.15) is 0 Å². The molecule has 0 atom stereocenters. The molecule has 4 N–H and O–H groups in total. The first-order valence-electron chi connectivity index (χ1n) is 9.18. The largest absolute Gasteiger partial charge is 0.361 e. The smallest absolute Gasteiger partial charge is 0.209 e. The van der Waals surface area contributed by atoms with Crippen molar-refractivity contribution in [1.82, 2.24) is 20.3 Å². The van der Waals surface area contributed by atoms with Crippen molar-refractivity contribution in [2.75, 3.05) is 25.9 Å². The molecule has 0 bridgehead atoms. The highest BCUT2D eigenvalue weighted by Crippen LogP contribution is 2.21. The zero-order chi connectivity index (χ0) is 20.1. The molecule has 0 radical (unpaired) electrons. The molecule has 0 spiro atoms. The molecule has 0 saturated heterocycles. The minimum atomic E-state index is -3.28. The Morgan fingerprint density at radius 3 is 2.67 bits per heavy atom. The van der Waals surface area contributed by atoms with E-state index in [1.54, 1.807) is 0 Å². The molecule has 0 aliphatic rings. The van der Waals surface area contributed by atoms with Crippen molar-refractivity contribution >= 4 is 26.9 Å². The van der Waals surface area contributed by atoms with Crippen LogP contribution >= 0.6 is 0 Å². The summed E-state index contributed by atoms with van der Waals surface area (Å²) in [7, 11) is -3.28. The Labute approximate surface area is 162 Å². The normalized spacial score (nSPS) is 13.1. The van der Waals surface area contributed by atoms with Crippen LogP contribution in [0.1, 0.15) is 31.9 Å². The van der Waals surface area contributed by atoms with Gasteiger partial charge < -0.3 is 15.6 Å². The van der Waals surface area contributed by atoms with Gasteiger partial charge in [0.15, 0.2) is 5.96 Å². The molecule has 0 aliphatic carbocycles. The summed E-state index contributed by atoms with van der Waals surface area (Å²) in [4.78, 5) is 7.87. The maximum absolute atomic E-state index is 11.5. The van der Waals surface area contributed by atoms with Crippen LogP contribution in [-0.2, 0) is 16.4 Å². The second-order valence-electron chi connectivity index (χ2n) is 7.44. The third-order valence-corrected chi connectivity index (χ3v) is 5.06. The first-order valence-corrected chi connectivity index (χ1v) is 11.1. The number of nitrogens with one attached hydrogen (secondary N) is 4. The number of aromatic amines is 1. The molecule has 27 heavy (non-hydrogen) atoms. The lowest BCUT2D eigenvalue weighted by molar-refractivity contribution is 0.464. The fourth-order valence-corrected chi connectivity index (χ4v) is 4.11. The van der Waals surface area contributed by atoms with Gasteiger partial charge in [-0.1, -0.05) is 18.2 Å². The maximum atomic E-state index is 11.5. The maximum Gasteiger partial charge on any atom is 0.209 e. The number of fused-ring (bicyclic) bond motifs is 1. The van der Waals surface area contributed by atoms with Gasteiger partial charge in [-0.15, -0.1) is 0 Å². The first kappa shape index (κ1) is 21.2. The number of H-pyrrole nitrogens is 1. The predicted octanol–water partition coefficient (Wildman–Crippen LogP) is 1.90. The van der Waals surface area contributed by atoms with Gasteiger partial charge in [0.2, 0.25) is 10.0 Å². The Hall–Kier alpha value is -2.06. The van der Waals surface area contributed by atoms with Gasteiger partial charge in [0.1, 0.15) is 0 Å². The SMILES string of the molecule is CCNC(=NCC(C)(C)NS(C)(=O)=O)NCCc1c[nH]c2c(C)cccc12. The number of aromatic nitrogens is 1. The summed E-state index contributed by atoms with van der Waals surface area (Å²) < 4.78 is 25.5. The van der Waals surface area contributed by atoms with Crippen molar-refractivity contribution in [2.24, 2.45) is 4.99 Å². The molecule has 7 nitrogen and oxygen atoms in total. The monoisotopic (exact) mass is 393 g/mol. The van der Waals surface area contributed by atoms with Gasteiger partial charge in [0.05, 0.1) is 12.8 Å². The highest BCUT2D eigenvalue weighted by Gasteiger charge is 2.21. The number of hydrogen-bond acceptors (Lipinski definition) is 3. The molecule has 2 aromatic rings. The van der Waals surface area contributed by atoms with Gasteiger partial charge in [-0.3, -0.25) is 4.99 Å². The molecule has 1 aromatic carbocycles. The molecular formula is C19H31N5O2S. The third-order valence-electron chi connectivity index (χ3n) is 4.13. The molecule has 0 amide bonds. The zero-order valence-electron chi connectivity index (χ0n) is 16.8. The fraction of sp³-hybridized carbons (Fsp3) is 0.526. The highest BCUT2D eigenvalue weighted by molar-refractivity contribution is 7.88. The number of aliphatic imine (C=N–C) groups is 1. The topological polar surface area (TPSA) is 98.4 Å². The second-order valence-corrected chi connectivity index (χ2v) is 9.19. The lowest BCUT2D eigenvalue weighted by Gasteiger charge is -2.23. The van der Waals surface area contributed by atoms with Crippen molar-refractivity contribution < 1.29 is 8.42 Å². The van der Waals surface area contributed by atoms with Gasteiger partial charge in [0.25, 0.3) is 0 Å². The molecule has 0 fully saturated rings. The molecular weight excluding hydrogens is 362 g/mol. The van der Waals surface area contributed by atoms with Gasteiger partial charge in [-0.25, -0.2) is 13.1 Å². The van der Waals surface area contributed by atoms with Crippen LogP contribution in [0.25, 0.3) is 10.9 Å². The Morgan fingerprint density at radius 1 is 1.26 bits per heavy atom. The van der Waals surface area contributed by atoms with Crippen molar-refractivity contribution in [3.05, 3.63) is 35.5 Å². The molecule has 8 heteroatoms. The van der Waals surface area contributed by atoms with E-state index >= 15 is 0 Å². The van der Waals surface area contributed by atoms with Crippen LogP contribution in [0.3, 0.4) is 0 Å². The number of hydrogen-bond donors (Lipinski definition) is 4. The zero-order valence-corrected chi connectivity index (χ0v) is 17.6. The lowest BCUT2D eigenvalue weighted by Crippen LogP contribution is -2.47. The average molecular weight is 394 g/mol. The number of guanidine groups is 1. The molecule has 0 unspecified atom stereocenters. The van der Waals surface area contributed by atoms with Crippen molar-refractivity contribution in [1.29, 1.82) is 0 Å². The molecule has 150 valence electrons. The van der Waals surface area contributed by atoms with Crippen LogP contribution < -0.4 is 15.4 Å². The number of rotatable bonds is 8. The Morgan fingerprint density at radius 2 is 2.00 bits per heavy atom. The number of aryl methyl sites for hydroxylation is 1. The number of benzene rings is 1. The minimum absolute atomic E-state index is 0.335. The van der Waals surface area contributed by atoms with E-state index in [4.69, 9.17) is 0 Å². The fourth-order valence-electron chi connectivity index (χ4n) is 3.04. The predicted molar refractivity (Wildman–Crippen MR) is 113 cm³/mol. The van der Waals surface area contributed by atoms with E-state index in [-0.39, 0.29) is 0 Å². The Balaban J connectivity index is 1.98. The Bertz CT molecular complexity index is 900. The molecule has 1 heterocycles. The van der Waals surface area contributed by atoms with E-state index in [9.17, 15) is 8.42 Å². The lowest BCUT2D eigenvalue weighted by atomic mass is 10.1. The van der Waals surface area contributed by atoms with Crippen LogP contribution in [0.5, 0.6) is 0 Å². The second kappa shape index (κ2) is 8.75. The first-order chi connectivity index (χ1) is 12.6. The van der Waals surface area contributed by atoms with Gasteiger partial charge >= 0.3 is 0 Å². The van der Waals surface area contributed by atoms with Crippen LogP contribution in [-0.4, -0.2) is 50.8 Å². The number of nitrogens with zero attached hydrogens (tertiary/aromatic N) is 1. The summed E-state index contributed by atoms with van der Waals surface area (Å²) in [5, 5.41) is 7.77. The van der Waals surface area contributed by atoms with E-state index in [0.29, 0.717) is 12.5 Å². The number of sulfonamides is 1. The van der Waals surface area contributed by atoms with Crippen LogP contribution in [0.2, 0.25) is 0 Å². The van der Waals surface area contributed by atoms with Crippen LogP contribution in [0, 0.1) is 6.92 Å². The highest BCUT2D eigenvalue weighted by atomic mass is 32.2.